The Morgan fingerprint density at radius 3 is 2.47 bits per heavy atom. The molecule has 0 bridgehead atoms. The Hall–Kier alpha value is -1.02. The molecule has 1 aromatic rings. The number of hydrogen-bond acceptors (Lipinski definition) is 1. The van der Waals surface area contributed by atoms with Crippen molar-refractivity contribution in [3.8, 4) is 0 Å². The summed E-state index contributed by atoms with van der Waals surface area (Å²) >= 11 is 6.07. The second kappa shape index (κ2) is 6.42. The molecule has 1 fully saturated rings. The average molecular weight is 280 g/mol. The summed E-state index contributed by atoms with van der Waals surface area (Å²) in [6, 6.07) is 8.11. The van der Waals surface area contributed by atoms with E-state index in [0.29, 0.717) is 12.3 Å². The van der Waals surface area contributed by atoms with Crippen molar-refractivity contribution in [1.82, 2.24) is 5.32 Å². The van der Waals surface area contributed by atoms with E-state index in [9.17, 15) is 4.79 Å². The van der Waals surface area contributed by atoms with Gasteiger partial charge >= 0.3 is 0 Å². The van der Waals surface area contributed by atoms with E-state index in [1.807, 2.05) is 31.2 Å². The molecule has 3 heteroatoms. The molecule has 0 spiro atoms. The molecule has 1 amide bonds. The number of nitrogens with one attached hydrogen (secondary N) is 1. The van der Waals surface area contributed by atoms with Crippen molar-refractivity contribution in [2.24, 2.45) is 5.41 Å². The first-order valence-corrected chi connectivity index (χ1v) is 7.55. The van der Waals surface area contributed by atoms with Crippen molar-refractivity contribution in [1.29, 1.82) is 0 Å². The number of rotatable bonds is 5. The van der Waals surface area contributed by atoms with E-state index in [1.165, 1.54) is 18.4 Å². The van der Waals surface area contributed by atoms with Gasteiger partial charge in [0.05, 0.1) is 6.42 Å². The predicted molar refractivity (Wildman–Crippen MR) is 79.5 cm³/mol. The number of halogens is 1. The van der Waals surface area contributed by atoms with Gasteiger partial charge < -0.3 is 5.32 Å². The van der Waals surface area contributed by atoms with Crippen LogP contribution in [-0.4, -0.2) is 18.3 Å². The van der Waals surface area contributed by atoms with Gasteiger partial charge in [-0.2, -0.15) is 0 Å². The summed E-state index contributed by atoms with van der Waals surface area (Å²) < 4.78 is 0. The zero-order valence-electron chi connectivity index (χ0n) is 11.5. The number of aryl methyl sites for hydroxylation is 1. The van der Waals surface area contributed by atoms with E-state index >= 15 is 0 Å². The van der Waals surface area contributed by atoms with Gasteiger partial charge in [-0.15, -0.1) is 11.6 Å². The highest BCUT2D eigenvalue weighted by molar-refractivity contribution is 6.18. The monoisotopic (exact) mass is 279 g/mol. The second-order valence-electron chi connectivity index (χ2n) is 5.78. The first kappa shape index (κ1) is 14.4. The van der Waals surface area contributed by atoms with Crippen LogP contribution < -0.4 is 5.32 Å². The molecule has 0 saturated heterocycles. The fourth-order valence-corrected chi connectivity index (χ4v) is 3.08. The van der Waals surface area contributed by atoms with Gasteiger partial charge in [-0.3, -0.25) is 4.79 Å². The summed E-state index contributed by atoms with van der Waals surface area (Å²) in [4.78, 5) is 12.0. The molecule has 19 heavy (non-hydrogen) atoms. The summed E-state index contributed by atoms with van der Waals surface area (Å²) in [5.41, 5.74) is 2.43. The van der Waals surface area contributed by atoms with Crippen LogP contribution in [0.15, 0.2) is 24.3 Å². The highest BCUT2D eigenvalue weighted by Crippen LogP contribution is 2.38. The van der Waals surface area contributed by atoms with Crippen LogP contribution in [0.5, 0.6) is 0 Å². The molecular weight excluding hydrogens is 258 g/mol. The summed E-state index contributed by atoms with van der Waals surface area (Å²) in [6.07, 6.45) is 5.21. The van der Waals surface area contributed by atoms with E-state index in [2.05, 4.69) is 5.32 Å². The van der Waals surface area contributed by atoms with E-state index in [-0.39, 0.29) is 11.3 Å². The Morgan fingerprint density at radius 2 is 1.89 bits per heavy atom. The number of carbonyl (C=O) groups excluding carboxylic acids is 1. The van der Waals surface area contributed by atoms with Gasteiger partial charge in [0.2, 0.25) is 5.91 Å². The zero-order valence-corrected chi connectivity index (χ0v) is 12.3. The standard InChI is InChI=1S/C16H22ClNO/c1-13-4-6-14(7-5-13)10-15(19)18-12-16(11-17)8-2-3-9-16/h4-7H,2-3,8-12H2,1H3,(H,18,19). The van der Waals surface area contributed by atoms with Crippen molar-refractivity contribution in [3.05, 3.63) is 35.4 Å². The molecule has 0 unspecified atom stereocenters. The van der Waals surface area contributed by atoms with E-state index in [4.69, 9.17) is 11.6 Å². The fourth-order valence-electron chi connectivity index (χ4n) is 2.72. The smallest absolute Gasteiger partial charge is 0.224 e. The molecule has 1 saturated carbocycles. The van der Waals surface area contributed by atoms with Gasteiger partial charge in [0, 0.05) is 17.8 Å². The van der Waals surface area contributed by atoms with Gasteiger partial charge in [-0.05, 0) is 25.3 Å². The normalized spacial score (nSPS) is 17.4. The Balaban J connectivity index is 1.82. The number of carbonyl (C=O) groups is 1. The van der Waals surface area contributed by atoms with Crippen molar-refractivity contribution >= 4 is 17.5 Å². The molecule has 0 aliphatic heterocycles. The van der Waals surface area contributed by atoms with E-state index in [1.54, 1.807) is 0 Å². The maximum atomic E-state index is 12.0. The highest BCUT2D eigenvalue weighted by atomic mass is 35.5. The van der Waals surface area contributed by atoms with Crippen LogP contribution in [0.25, 0.3) is 0 Å². The molecule has 0 heterocycles. The van der Waals surface area contributed by atoms with Crippen molar-refractivity contribution in [2.75, 3.05) is 12.4 Å². The molecule has 1 aliphatic carbocycles. The molecule has 104 valence electrons. The Kier molecular flexibility index (Phi) is 4.87. The Morgan fingerprint density at radius 1 is 1.26 bits per heavy atom. The maximum Gasteiger partial charge on any atom is 0.224 e. The van der Waals surface area contributed by atoms with Crippen LogP contribution in [-0.2, 0) is 11.2 Å². The molecule has 0 radical (unpaired) electrons. The van der Waals surface area contributed by atoms with E-state index in [0.717, 1.165) is 24.9 Å². The maximum absolute atomic E-state index is 12.0. The average Bonchev–Trinajstić information content (AvgIpc) is 2.89. The summed E-state index contributed by atoms with van der Waals surface area (Å²) in [5.74, 6) is 0.748. The zero-order chi connectivity index (χ0) is 13.7. The summed E-state index contributed by atoms with van der Waals surface area (Å²) in [6.45, 7) is 2.77. The summed E-state index contributed by atoms with van der Waals surface area (Å²) in [5, 5.41) is 3.06. The largest absolute Gasteiger partial charge is 0.355 e. The van der Waals surface area contributed by atoms with Crippen molar-refractivity contribution in [2.45, 2.75) is 39.0 Å². The number of alkyl halides is 1. The number of amides is 1. The lowest BCUT2D eigenvalue weighted by Gasteiger charge is -2.26. The number of hydrogen-bond donors (Lipinski definition) is 1. The molecule has 0 aromatic heterocycles. The highest BCUT2D eigenvalue weighted by Gasteiger charge is 2.33. The fraction of sp³-hybridized carbons (Fsp3) is 0.562. The molecule has 0 atom stereocenters. The van der Waals surface area contributed by atoms with Crippen molar-refractivity contribution in [3.63, 3.8) is 0 Å². The van der Waals surface area contributed by atoms with Crippen LogP contribution in [0.2, 0.25) is 0 Å². The predicted octanol–water partition coefficient (Wildman–Crippen LogP) is 3.45. The Bertz CT molecular complexity index is 421. The lowest BCUT2D eigenvalue weighted by Crippen LogP contribution is -2.37. The lowest BCUT2D eigenvalue weighted by atomic mass is 9.88. The van der Waals surface area contributed by atoms with Crippen molar-refractivity contribution < 1.29 is 4.79 Å². The quantitative estimate of drug-likeness (QED) is 0.822. The second-order valence-corrected chi connectivity index (χ2v) is 6.05. The Labute approximate surface area is 120 Å². The lowest BCUT2D eigenvalue weighted by molar-refractivity contribution is -0.120. The van der Waals surface area contributed by atoms with Crippen LogP contribution in [0.3, 0.4) is 0 Å². The minimum absolute atomic E-state index is 0.0974. The molecule has 2 nitrogen and oxygen atoms in total. The molecule has 1 aliphatic rings. The molecular formula is C16H22ClNO. The third kappa shape index (κ3) is 3.97. The van der Waals surface area contributed by atoms with Crippen LogP contribution in [0.1, 0.15) is 36.8 Å². The molecule has 2 rings (SSSR count). The SMILES string of the molecule is Cc1ccc(CC(=O)NCC2(CCl)CCCC2)cc1. The van der Waals surface area contributed by atoms with Gasteiger partial charge in [-0.25, -0.2) is 0 Å². The minimum atomic E-state index is 0.0974. The summed E-state index contributed by atoms with van der Waals surface area (Å²) in [7, 11) is 0. The third-order valence-corrected chi connectivity index (χ3v) is 4.66. The topological polar surface area (TPSA) is 29.1 Å². The van der Waals surface area contributed by atoms with Crippen LogP contribution >= 0.6 is 11.6 Å². The first-order valence-electron chi connectivity index (χ1n) is 7.02. The van der Waals surface area contributed by atoms with Gasteiger partial charge in [-0.1, -0.05) is 42.7 Å². The van der Waals surface area contributed by atoms with Crippen LogP contribution in [0.4, 0.5) is 0 Å². The first-order chi connectivity index (χ1) is 9.13. The number of benzene rings is 1. The minimum Gasteiger partial charge on any atom is -0.355 e. The van der Waals surface area contributed by atoms with Crippen LogP contribution in [0, 0.1) is 12.3 Å². The molecule has 1 aromatic carbocycles. The molecule has 1 N–H and O–H groups in total. The van der Waals surface area contributed by atoms with E-state index < -0.39 is 0 Å². The van der Waals surface area contributed by atoms with Gasteiger partial charge in [0.25, 0.3) is 0 Å². The van der Waals surface area contributed by atoms with Gasteiger partial charge in [0.1, 0.15) is 0 Å². The van der Waals surface area contributed by atoms with Gasteiger partial charge in [0.15, 0.2) is 0 Å². The third-order valence-electron chi connectivity index (χ3n) is 4.09.